The standard InChI is InChI=1S/C14H20N2O5/c1-4-8-15-11(14(17)20-3)9-21-13-7-5-6-12(10(13)2)16(18)19/h5-7,11,15H,4,8-9H2,1-3H3. The third kappa shape index (κ3) is 4.71. The Morgan fingerprint density at radius 1 is 1.48 bits per heavy atom. The minimum Gasteiger partial charge on any atom is -0.491 e. The van der Waals surface area contributed by atoms with Crippen LogP contribution in [0.15, 0.2) is 18.2 Å². The monoisotopic (exact) mass is 296 g/mol. The molecule has 0 aliphatic carbocycles. The Morgan fingerprint density at radius 3 is 2.76 bits per heavy atom. The average molecular weight is 296 g/mol. The van der Waals surface area contributed by atoms with Crippen LogP contribution in [0, 0.1) is 17.0 Å². The molecule has 7 heteroatoms. The number of nitro groups is 1. The molecule has 0 bridgehead atoms. The lowest BCUT2D eigenvalue weighted by molar-refractivity contribution is -0.385. The Bertz CT molecular complexity index is 504. The maximum absolute atomic E-state index is 11.6. The van der Waals surface area contributed by atoms with Crippen molar-refractivity contribution in [3.63, 3.8) is 0 Å². The van der Waals surface area contributed by atoms with Gasteiger partial charge in [0.2, 0.25) is 0 Å². The lowest BCUT2D eigenvalue weighted by Crippen LogP contribution is -2.42. The molecule has 1 rings (SSSR count). The van der Waals surface area contributed by atoms with E-state index in [4.69, 9.17) is 9.47 Å². The quantitative estimate of drug-likeness (QED) is 0.447. The molecule has 0 saturated carbocycles. The van der Waals surface area contributed by atoms with E-state index in [0.717, 1.165) is 6.42 Å². The molecule has 0 aromatic heterocycles. The van der Waals surface area contributed by atoms with Crippen molar-refractivity contribution >= 4 is 11.7 Å². The third-order valence-corrected chi connectivity index (χ3v) is 2.98. The van der Waals surface area contributed by atoms with Crippen molar-refractivity contribution in [2.75, 3.05) is 20.3 Å². The summed E-state index contributed by atoms with van der Waals surface area (Å²) in [5.74, 6) is -0.0389. The second-order valence-electron chi connectivity index (χ2n) is 4.50. The van der Waals surface area contributed by atoms with E-state index in [9.17, 15) is 14.9 Å². The van der Waals surface area contributed by atoms with Crippen molar-refractivity contribution in [1.82, 2.24) is 5.32 Å². The summed E-state index contributed by atoms with van der Waals surface area (Å²) in [5, 5.41) is 13.9. The summed E-state index contributed by atoms with van der Waals surface area (Å²) in [6.45, 7) is 4.29. The summed E-state index contributed by atoms with van der Waals surface area (Å²) >= 11 is 0. The zero-order valence-electron chi connectivity index (χ0n) is 12.4. The Kier molecular flexibility index (Phi) is 6.61. The summed E-state index contributed by atoms with van der Waals surface area (Å²) in [6, 6.07) is 3.99. The first-order valence-electron chi connectivity index (χ1n) is 6.69. The van der Waals surface area contributed by atoms with Crippen molar-refractivity contribution in [2.45, 2.75) is 26.3 Å². The van der Waals surface area contributed by atoms with Crippen LogP contribution in [0.4, 0.5) is 5.69 Å². The molecule has 1 unspecified atom stereocenters. The van der Waals surface area contributed by atoms with Crippen molar-refractivity contribution in [3.8, 4) is 5.75 Å². The van der Waals surface area contributed by atoms with E-state index in [1.807, 2.05) is 6.92 Å². The molecule has 1 aromatic carbocycles. The van der Waals surface area contributed by atoms with Gasteiger partial charge in [0, 0.05) is 6.07 Å². The number of nitrogens with zero attached hydrogens (tertiary/aromatic N) is 1. The van der Waals surface area contributed by atoms with Crippen molar-refractivity contribution < 1.29 is 19.2 Å². The second-order valence-corrected chi connectivity index (χ2v) is 4.50. The van der Waals surface area contributed by atoms with Crippen LogP contribution in [0.2, 0.25) is 0 Å². The van der Waals surface area contributed by atoms with Gasteiger partial charge in [0.25, 0.3) is 5.69 Å². The Morgan fingerprint density at radius 2 is 2.19 bits per heavy atom. The summed E-state index contributed by atoms with van der Waals surface area (Å²) in [7, 11) is 1.31. The predicted octanol–water partition coefficient (Wildman–Crippen LogP) is 1.82. The van der Waals surface area contributed by atoms with Crippen LogP contribution in [-0.4, -0.2) is 37.2 Å². The molecule has 116 valence electrons. The highest BCUT2D eigenvalue weighted by Crippen LogP contribution is 2.27. The largest absolute Gasteiger partial charge is 0.491 e. The number of rotatable bonds is 8. The molecule has 0 saturated heterocycles. The molecular weight excluding hydrogens is 276 g/mol. The Balaban J connectivity index is 2.78. The fourth-order valence-corrected chi connectivity index (χ4v) is 1.80. The van der Waals surface area contributed by atoms with Gasteiger partial charge in [-0.1, -0.05) is 13.0 Å². The molecule has 0 aliphatic rings. The second kappa shape index (κ2) is 8.21. The maximum Gasteiger partial charge on any atom is 0.326 e. The van der Waals surface area contributed by atoms with Gasteiger partial charge in [-0.25, -0.2) is 0 Å². The van der Waals surface area contributed by atoms with Gasteiger partial charge < -0.3 is 14.8 Å². The molecular formula is C14H20N2O5. The number of nitrogens with one attached hydrogen (secondary N) is 1. The number of carbonyl (C=O) groups excluding carboxylic acids is 1. The molecule has 1 atom stereocenters. The van der Waals surface area contributed by atoms with Crippen LogP contribution in [0.25, 0.3) is 0 Å². The number of methoxy groups -OCH3 is 1. The number of hydrogen-bond donors (Lipinski definition) is 1. The van der Waals surface area contributed by atoms with Gasteiger partial charge in [-0.3, -0.25) is 14.9 Å². The molecule has 21 heavy (non-hydrogen) atoms. The van der Waals surface area contributed by atoms with Gasteiger partial charge in [-0.15, -0.1) is 0 Å². The van der Waals surface area contributed by atoms with Crippen molar-refractivity contribution in [1.29, 1.82) is 0 Å². The maximum atomic E-state index is 11.6. The Hall–Kier alpha value is -2.15. The molecule has 7 nitrogen and oxygen atoms in total. The average Bonchev–Trinajstić information content (AvgIpc) is 2.47. The lowest BCUT2D eigenvalue weighted by Gasteiger charge is -2.17. The number of benzene rings is 1. The van der Waals surface area contributed by atoms with Crippen LogP contribution < -0.4 is 10.1 Å². The molecule has 0 aliphatic heterocycles. The highest BCUT2D eigenvalue weighted by atomic mass is 16.6. The number of ether oxygens (including phenoxy) is 2. The number of nitro benzene ring substituents is 1. The van der Waals surface area contributed by atoms with E-state index >= 15 is 0 Å². The van der Waals surface area contributed by atoms with Crippen LogP contribution in [0.5, 0.6) is 5.75 Å². The number of esters is 1. The number of carbonyl (C=O) groups is 1. The van der Waals surface area contributed by atoms with E-state index in [2.05, 4.69) is 5.32 Å². The van der Waals surface area contributed by atoms with Crippen molar-refractivity contribution in [2.24, 2.45) is 0 Å². The summed E-state index contributed by atoms with van der Waals surface area (Å²) < 4.78 is 10.2. The predicted molar refractivity (Wildman–Crippen MR) is 77.4 cm³/mol. The molecule has 0 spiro atoms. The van der Waals surface area contributed by atoms with Crippen LogP contribution >= 0.6 is 0 Å². The first-order chi connectivity index (χ1) is 10.0. The van der Waals surface area contributed by atoms with Crippen LogP contribution in [0.3, 0.4) is 0 Å². The zero-order chi connectivity index (χ0) is 15.8. The van der Waals surface area contributed by atoms with Gasteiger partial charge in [-0.05, 0) is 26.0 Å². The highest BCUT2D eigenvalue weighted by molar-refractivity contribution is 5.75. The molecule has 0 heterocycles. The fourth-order valence-electron chi connectivity index (χ4n) is 1.80. The fraction of sp³-hybridized carbons (Fsp3) is 0.500. The molecule has 1 N–H and O–H groups in total. The van der Waals surface area contributed by atoms with Gasteiger partial charge in [-0.2, -0.15) is 0 Å². The SMILES string of the molecule is CCCNC(COc1cccc([N+](=O)[O-])c1C)C(=O)OC. The number of hydrogen-bond acceptors (Lipinski definition) is 6. The van der Waals surface area contributed by atoms with Crippen molar-refractivity contribution in [3.05, 3.63) is 33.9 Å². The van der Waals surface area contributed by atoms with Crippen LogP contribution in [0.1, 0.15) is 18.9 Å². The first-order valence-corrected chi connectivity index (χ1v) is 6.69. The summed E-state index contributed by atoms with van der Waals surface area (Å²) in [5.41, 5.74) is 0.422. The van der Waals surface area contributed by atoms with Gasteiger partial charge in [0.05, 0.1) is 17.6 Å². The van der Waals surface area contributed by atoms with E-state index in [1.54, 1.807) is 19.1 Å². The van der Waals surface area contributed by atoms with Gasteiger partial charge in [0.15, 0.2) is 0 Å². The Labute approximate surface area is 123 Å². The minimum atomic E-state index is -0.603. The highest BCUT2D eigenvalue weighted by Gasteiger charge is 2.21. The third-order valence-electron chi connectivity index (χ3n) is 2.98. The van der Waals surface area contributed by atoms with E-state index in [1.165, 1.54) is 13.2 Å². The zero-order valence-corrected chi connectivity index (χ0v) is 12.4. The molecule has 0 amide bonds. The normalized spacial score (nSPS) is 11.8. The lowest BCUT2D eigenvalue weighted by atomic mass is 10.2. The molecule has 0 fully saturated rings. The topological polar surface area (TPSA) is 90.7 Å². The van der Waals surface area contributed by atoms with Gasteiger partial charge >= 0.3 is 5.97 Å². The summed E-state index contributed by atoms with van der Waals surface area (Å²) in [6.07, 6.45) is 0.864. The van der Waals surface area contributed by atoms with E-state index in [-0.39, 0.29) is 12.3 Å². The summed E-state index contributed by atoms with van der Waals surface area (Å²) in [4.78, 5) is 22.0. The first kappa shape index (κ1) is 16.9. The molecule has 0 radical (unpaired) electrons. The minimum absolute atomic E-state index is 0.0105. The van der Waals surface area contributed by atoms with E-state index in [0.29, 0.717) is 17.9 Å². The van der Waals surface area contributed by atoms with Crippen LogP contribution in [-0.2, 0) is 9.53 Å². The van der Waals surface area contributed by atoms with Gasteiger partial charge in [0.1, 0.15) is 18.4 Å². The smallest absolute Gasteiger partial charge is 0.326 e. The molecule has 1 aromatic rings. The van der Waals surface area contributed by atoms with E-state index < -0.39 is 16.9 Å².